The molecule has 5 nitrogen and oxygen atoms in total. The topological polar surface area (TPSA) is 61.8 Å². The maximum atomic E-state index is 13.3. The predicted octanol–water partition coefficient (Wildman–Crippen LogP) is 5.70. The van der Waals surface area contributed by atoms with Crippen LogP contribution in [0.15, 0.2) is 96.0 Å². The Labute approximate surface area is 193 Å². The van der Waals surface area contributed by atoms with E-state index in [0.717, 1.165) is 16.9 Å². The van der Waals surface area contributed by atoms with E-state index < -0.39 is 16.9 Å². The number of para-hydroxylation sites is 2. The van der Waals surface area contributed by atoms with Gasteiger partial charge in [-0.2, -0.15) is 0 Å². The Bertz CT molecular complexity index is 1040. The van der Waals surface area contributed by atoms with Gasteiger partial charge in [0.1, 0.15) is 5.25 Å². The van der Waals surface area contributed by atoms with Gasteiger partial charge >= 0.3 is 0 Å². The zero-order valence-corrected chi connectivity index (χ0v) is 19.1. The number of carbonyl (C=O) groups is 2. The molecule has 0 heterocycles. The summed E-state index contributed by atoms with van der Waals surface area (Å²) in [6, 6.07) is 28.6. The summed E-state index contributed by atoms with van der Waals surface area (Å²) in [7, 11) is 0. The van der Waals surface area contributed by atoms with Gasteiger partial charge in [0.15, 0.2) is 5.17 Å². The van der Waals surface area contributed by atoms with E-state index in [1.54, 1.807) is 4.90 Å². The number of hydrogen-bond acceptors (Lipinski definition) is 4. The zero-order chi connectivity index (χ0) is 22.8. The van der Waals surface area contributed by atoms with Crippen LogP contribution in [0.5, 0.6) is 0 Å². The minimum absolute atomic E-state index is 0.458. The highest BCUT2D eigenvalue weighted by Gasteiger charge is 2.31. The van der Waals surface area contributed by atoms with Crippen molar-refractivity contribution in [3.8, 4) is 0 Å². The first-order valence-corrected chi connectivity index (χ1v) is 11.5. The number of anilines is 1. The molecule has 0 unspecified atom stereocenters. The van der Waals surface area contributed by atoms with Gasteiger partial charge in [-0.15, -0.1) is 0 Å². The standard InChI is InChI=1S/C26H27N3O2S/c1-3-29(4-2)25(31)23(30)24(20-14-8-5-9-15-20)32-26(27-21-16-10-6-11-17-21)28-22-18-12-7-13-19-22/h5-19,24H,3-4H2,1-2H3,(H,27,28)/t24-/m0/s1. The Morgan fingerprint density at radius 2 is 1.38 bits per heavy atom. The van der Waals surface area contributed by atoms with Crippen LogP contribution in [0.3, 0.4) is 0 Å². The molecule has 3 aromatic rings. The van der Waals surface area contributed by atoms with Gasteiger partial charge in [0.05, 0.1) is 5.69 Å². The monoisotopic (exact) mass is 445 g/mol. The Kier molecular flexibility index (Phi) is 8.63. The number of nitrogens with one attached hydrogen (secondary N) is 1. The summed E-state index contributed by atoms with van der Waals surface area (Å²) in [5, 5.41) is 3.13. The Morgan fingerprint density at radius 3 is 1.94 bits per heavy atom. The first-order valence-electron chi connectivity index (χ1n) is 10.6. The molecule has 32 heavy (non-hydrogen) atoms. The fourth-order valence-corrected chi connectivity index (χ4v) is 4.20. The molecule has 0 radical (unpaired) electrons. The van der Waals surface area contributed by atoms with Crippen LogP contribution in [0.1, 0.15) is 24.7 Å². The maximum absolute atomic E-state index is 13.3. The van der Waals surface area contributed by atoms with Crippen molar-refractivity contribution in [2.75, 3.05) is 18.4 Å². The quantitative estimate of drug-likeness (QED) is 0.275. The summed E-state index contributed by atoms with van der Waals surface area (Å²) in [6.07, 6.45) is 0. The second-order valence-corrected chi connectivity index (χ2v) is 8.09. The second-order valence-electron chi connectivity index (χ2n) is 6.99. The van der Waals surface area contributed by atoms with E-state index in [1.807, 2.05) is 105 Å². The summed E-state index contributed by atoms with van der Waals surface area (Å²) in [4.78, 5) is 32.6. The normalized spacial score (nSPS) is 12.1. The molecule has 0 saturated heterocycles. The molecule has 1 amide bonds. The average Bonchev–Trinajstić information content (AvgIpc) is 2.84. The number of rotatable bonds is 8. The maximum Gasteiger partial charge on any atom is 0.291 e. The Hall–Kier alpha value is -3.38. The molecule has 0 aromatic heterocycles. The van der Waals surface area contributed by atoms with Crippen LogP contribution in [0.2, 0.25) is 0 Å². The lowest BCUT2D eigenvalue weighted by Crippen LogP contribution is -2.38. The third-order valence-electron chi connectivity index (χ3n) is 4.84. The zero-order valence-electron chi connectivity index (χ0n) is 18.3. The van der Waals surface area contributed by atoms with Crippen molar-refractivity contribution in [3.05, 3.63) is 96.6 Å². The summed E-state index contributed by atoms with van der Waals surface area (Å²) >= 11 is 1.25. The molecule has 1 atom stereocenters. The first-order chi connectivity index (χ1) is 15.6. The number of Topliss-reactive ketones (excluding diaryl/α,β-unsaturated/α-hetero) is 1. The molecule has 0 fully saturated rings. The SMILES string of the molecule is CCN(CC)C(=O)C(=O)[C@@H](SC(=Nc1ccccc1)Nc1ccccc1)c1ccccc1. The van der Waals surface area contributed by atoms with Crippen LogP contribution in [0.4, 0.5) is 11.4 Å². The number of amides is 1. The third-order valence-corrected chi connectivity index (χ3v) is 5.98. The lowest BCUT2D eigenvalue weighted by Gasteiger charge is -2.22. The number of likely N-dealkylation sites (N-methyl/N-ethyl adjacent to an activating group) is 1. The molecule has 0 saturated carbocycles. The number of carbonyl (C=O) groups excluding carboxylic acids is 2. The minimum atomic E-state index is -0.719. The lowest BCUT2D eigenvalue weighted by molar-refractivity contribution is -0.144. The molecule has 3 aromatic carbocycles. The molecule has 0 aliphatic carbocycles. The second kappa shape index (κ2) is 11.9. The van der Waals surface area contributed by atoms with Crippen molar-refractivity contribution >= 4 is 40.0 Å². The number of benzene rings is 3. The lowest BCUT2D eigenvalue weighted by atomic mass is 10.1. The molecular weight excluding hydrogens is 418 g/mol. The van der Waals surface area contributed by atoms with Crippen LogP contribution >= 0.6 is 11.8 Å². The van der Waals surface area contributed by atoms with E-state index in [2.05, 4.69) is 5.32 Å². The van der Waals surface area contributed by atoms with Gasteiger partial charge in [-0.1, -0.05) is 78.5 Å². The van der Waals surface area contributed by atoms with Gasteiger partial charge in [-0.3, -0.25) is 9.59 Å². The van der Waals surface area contributed by atoms with Gasteiger partial charge in [0, 0.05) is 18.8 Å². The Morgan fingerprint density at radius 1 is 0.844 bits per heavy atom. The highest BCUT2D eigenvalue weighted by atomic mass is 32.2. The molecule has 164 valence electrons. The summed E-state index contributed by atoms with van der Waals surface area (Å²) in [6.45, 7) is 4.72. The van der Waals surface area contributed by atoms with Gasteiger partial charge in [-0.05, 0) is 43.7 Å². The smallest absolute Gasteiger partial charge is 0.291 e. The van der Waals surface area contributed by atoms with Crippen molar-refractivity contribution < 1.29 is 9.59 Å². The van der Waals surface area contributed by atoms with Crippen LogP contribution in [-0.4, -0.2) is 34.8 Å². The fourth-order valence-electron chi connectivity index (χ4n) is 3.14. The minimum Gasteiger partial charge on any atom is -0.337 e. The van der Waals surface area contributed by atoms with E-state index in [-0.39, 0.29) is 0 Å². The van der Waals surface area contributed by atoms with Crippen LogP contribution < -0.4 is 5.32 Å². The van der Waals surface area contributed by atoms with Crippen molar-refractivity contribution in [2.45, 2.75) is 19.1 Å². The highest BCUT2D eigenvalue weighted by Crippen LogP contribution is 2.33. The fraction of sp³-hybridized carbons (Fsp3) is 0.192. The van der Waals surface area contributed by atoms with E-state index in [4.69, 9.17) is 4.99 Å². The van der Waals surface area contributed by atoms with Gasteiger partial charge < -0.3 is 10.2 Å². The number of aliphatic imine (C=N–C) groups is 1. The number of nitrogens with zero attached hydrogens (tertiary/aromatic N) is 2. The largest absolute Gasteiger partial charge is 0.337 e. The van der Waals surface area contributed by atoms with E-state index in [1.165, 1.54) is 11.8 Å². The summed E-state index contributed by atoms with van der Waals surface area (Å²) in [5.41, 5.74) is 2.37. The molecule has 0 spiro atoms. The third kappa shape index (κ3) is 6.31. The van der Waals surface area contributed by atoms with Gasteiger partial charge in [0.2, 0.25) is 5.78 Å². The molecular formula is C26H27N3O2S. The number of hydrogen-bond donors (Lipinski definition) is 1. The summed E-state index contributed by atoms with van der Waals surface area (Å²) in [5.74, 6) is -0.935. The molecule has 6 heteroatoms. The van der Waals surface area contributed by atoms with Gasteiger partial charge in [0.25, 0.3) is 5.91 Å². The van der Waals surface area contributed by atoms with Crippen molar-refractivity contribution in [1.82, 2.24) is 4.90 Å². The Balaban J connectivity index is 1.98. The molecule has 0 bridgehead atoms. The van der Waals surface area contributed by atoms with E-state index in [9.17, 15) is 9.59 Å². The molecule has 0 aliphatic rings. The number of thioether (sulfide) groups is 1. The number of amidine groups is 1. The van der Waals surface area contributed by atoms with Crippen molar-refractivity contribution in [2.24, 2.45) is 4.99 Å². The predicted molar refractivity (Wildman–Crippen MR) is 133 cm³/mol. The van der Waals surface area contributed by atoms with Crippen LogP contribution in [0.25, 0.3) is 0 Å². The molecule has 3 rings (SSSR count). The first kappa shape index (κ1) is 23.3. The van der Waals surface area contributed by atoms with Crippen LogP contribution in [-0.2, 0) is 9.59 Å². The molecule has 1 N–H and O–H groups in total. The van der Waals surface area contributed by atoms with Crippen LogP contribution in [0, 0.1) is 0 Å². The van der Waals surface area contributed by atoms with Crippen molar-refractivity contribution in [3.63, 3.8) is 0 Å². The molecule has 0 aliphatic heterocycles. The van der Waals surface area contributed by atoms with E-state index >= 15 is 0 Å². The number of ketones is 1. The highest BCUT2D eigenvalue weighted by molar-refractivity contribution is 8.15. The van der Waals surface area contributed by atoms with Gasteiger partial charge in [-0.25, -0.2) is 4.99 Å². The van der Waals surface area contributed by atoms with E-state index in [0.29, 0.717) is 18.3 Å². The summed E-state index contributed by atoms with van der Waals surface area (Å²) < 4.78 is 0. The average molecular weight is 446 g/mol. The van der Waals surface area contributed by atoms with Crippen molar-refractivity contribution in [1.29, 1.82) is 0 Å².